The first-order valence-electron chi connectivity index (χ1n) is 8.63. The van der Waals surface area contributed by atoms with Gasteiger partial charge in [0, 0.05) is 56.0 Å². The van der Waals surface area contributed by atoms with Crippen molar-refractivity contribution >= 4 is 11.8 Å². The molecule has 3 rings (SSSR count). The van der Waals surface area contributed by atoms with Gasteiger partial charge in [0.25, 0.3) is 5.91 Å². The summed E-state index contributed by atoms with van der Waals surface area (Å²) in [6.07, 6.45) is 7.84. The van der Waals surface area contributed by atoms with Crippen molar-refractivity contribution in [2.24, 2.45) is 5.41 Å². The zero-order valence-electron chi connectivity index (χ0n) is 14.2. The van der Waals surface area contributed by atoms with Gasteiger partial charge in [0.05, 0.1) is 6.61 Å². The highest BCUT2D eigenvalue weighted by Crippen LogP contribution is 2.47. The summed E-state index contributed by atoms with van der Waals surface area (Å²) in [5.41, 5.74) is 0.628. The molecule has 1 aromatic heterocycles. The summed E-state index contributed by atoms with van der Waals surface area (Å²) < 4.78 is 5.16. The third-order valence-electron chi connectivity index (χ3n) is 5.47. The van der Waals surface area contributed by atoms with Gasteiger partial charge in [-0.25, -0.2) is 0 Å². The number of hydrogen-bond donors (Lipinski definition) is 1. The Labute approximate surface area is 142 Å². The summed E-state index contributed by atoms with van der Waals surface area (Å²) in [7, 11) is 1.66. The van der Waals surface area contributed by atoms with Gasteiger partial charge in [0.1, 0.15) is 0 Å². The van der Waals surface area contributed by atoms with E-state index >= 15 is 0 Å². The highest BCUT2D eigenvalue weighted by atomic mass is 16.5. The molecule has 1 aliphatic carbocycles. The van der Waals surface area contributed by atoms with Crippen molar-refractivity contribution in [3.05, 3.63) is 30.1 Å². The molecule has 0 unspecified atom stereocenters. The maximum Gasteiger partial charge on any atom is 0.251 e. The van der Waals surface area contributed by atoms with Crippen LogP contribution >= 0.6 is 0 Å². The standard InChI is InChI=1S/C18H25N3O3/c1-24-12-11-21-15-3-2-7-18(15,8-4-16(21)22)13-20-17(23)14-5-9-19-10-6-14/h5-6,9-10,15H,2-4,7-8,11-13H2,1H3,(H,20,23)/t15-,18+/m1/s1. The molecule has 2 heterocycles. The Morgan fingerprint density at radius 2 is 2.21 bits per heavy atom. The Morgan fingerprint density at radius 1 is 1.42 bits per heavy atom. The van der Waals surface area contributed by atoms with Gasteiger partial charge in [-0.1, -0.05) is 6.42 Å². The molecule has 1 N–H and O–H groups in total. The molecule has 0 bridgehead atoms. The van der Waals surface area contributed by atoms with Crippen LogP contribution in [0.3, 0.4) is 0 Å². The molecule has 1 saturated carbocycles. The van der Waals surface area contributed by atoms with Crippen molar-refractivity contribution in [1.82, 2.24) is 15.2 Å². The Morgan fingerprint density at radius 3 is 2.96 bits per heavy atom. The highest BCUT2D eigenvalue weighted by molar-refractivity contribution is 5.94. The quantitative estimate of drug-likeness (QED) is 0.860. The molecule has 2 amide bonds. The second kappa shape index (κ2) is 7.30. The Hall–Kier alpha value is -1.95. The normalized spacial score (nSPS) is 26.3. The lowest BCUT2D eigenvalue weighted by molar-refractivity contribution is -0.142. The van der Waals surface area contributed by atoms with Crippen LogP contribution in [0.1, 0.15) is 42.5 Å². The molecular formula is C18H25N3O3. The van der Waals surface area contributed by atoms with Gasteiger partial charge in [-0.15, -0.1) is 0 Å². The van der Waals surface area contributed by atoms with Crippen molar-refractivity contribution < 1.29 is 14.3 Å². The molecule has 24 heavy (non-hydrogen) atoms. The van der Waals surface area contributed by atoms with Crippen molar-refractivity contribution in [1.29, 1.82) is 0 Å². The van der Waals surface area contributed by atoms with E-state index in [1.54, 1.807) is 31.6 Å². The summed E-state index contributed by atoms with van der Waals surface area (Å²) in [6.45, 7) is 1.82. The number of amides is 2. The molecule has 2 fully saturated rings. The van der Waals surface area contributed by atoms with Crippen LogP contribution in [-0.4, -0.2) is 54.5 Å². The molecule has 2 aliphatic rings. The van der Waals surface area contributed by atoms with E-state index in [-0.39, 0.29) is 23.3 Å². The van der Waals surface area contributed by atoms with E-state index in [1.165, 1.54) is 0 Å². The van der Waals surface area contributed by atoms with Crippen LogP contribution in [0.4, 0.5) is 0 Å². The van der Waals surface area contributed by atoms with Gasteiger partial charge in [-0.2, -0.15) is 0 Å². The smallest absolute Gasteiger partial charge is 0.251 e. The number of carbonyl (C=O) groups is 2. The van der Waals surface area contributed by atoms with Crippen LogP contribution in [0.2, 0.25) is 0 Å². The first kappa shape index (κ1) is 16.9. The monoisotopic (exact) mass is 331 g/mol. The Kier molecular flexibility index (Phi) is 5.14. The number of aromatic nitrogens is 1. The van der Waals surface area contributed by atoms with E-state index in [0.717, 1.165) is 25.7 Å². The lowest BCUT2D eigenvalue weighted by atomic mass is 9.74. The molecule has 1 saturated heterocycles. The van der Waals surface area contributed by atoms with Crippen molar-refractivity contribution in [2.75, 3.05) is 26.8 Å². The molecule has 1 aromatic rings. The number of piperidine rings is 1. The van der Waals surface area contributed by atoms with Crippen LogP contribution in [0.15, 0.2) is 24.5 Å². The SMILES string of the molecule is COCCN1C(=O)CC[C@]2(CNC(=O)c3ccncc3)CCC[C@@H]12. The highest BCUT2D eigenvalue weighted by Gasteiger charge is 2.50. The fourth-order valence-corrected chi connectivity index (χ4v) is 4.20. The third-order valence-corrected chi connectivity index (χ3v) is 5.47. The molecule has 1 aliphatic heterocycles. The van der Waals surface area contributed by atoms with Gasteiger partial charge in [0.15, 0.2) is 0 Å². The van der Waals surface area contributed by atoms with Gasteiger partial charge >= 0.3 is 0 Å². The summed E-state index contributed by atoms with van der Waals surface area (Å²) in [4.78, 5) is 30.6. The summed E-state index contributed by atoms with van der Waals surface area (Å²) in [5, 5.41) is 3.09. The molecule has 0 aromatic carbocycles. The number of fused-ring (bicyclic) bond motifs is 1. The molecule has 0 spiro atoms. The first-order chi connectivity index (χ1) is 11.7. The number of carbonyl (C=O) groups excluding carboxylic acids is 2. The minimum absolute atomic E-state index is 0.00431. The van der Waals surface area contributed by atoms with Crippen molar-refractivity contribution in [3.63, 3.8) is 0 Å². The maximum atomic E-state index is 12.4. The van der Waals surface area contributed by atoms with Crippen LogP contribution in [0.5, 0.6) is 0 Å². The van der Waals surface area contributed by atoms with E-state index in [0.29, 0.717) is 31.7 Å². The lowest BCUT2D eigenvalue weighted by Crippen LogP contribution is -2.56. The van der Waals surface area contributed by atoms with Crippen LogP contribution in [0, 0.1) is 5.41 Å². The van der Waals surface area contributed by atoms with E-state index in [2.05, 4.69) is 10.3 Å². The first-order valence-corrected chi connectivity index (χ1v) is 8.63. The van der Waals surface area contributed by atoms with Gasteiger partial charge in [0.2, 0.25) is 5.91 Å². The van der Waals surface area contributed by atoms with Crippen LogP contribution in [-0.2, 0) is 9.53 Å². The summed E-state index contributed by atoms with van der Waals surface area (Å²) in [6, 6.07) is 3.65. The fourth-order valence-electron chi connectivity index (χ4n) is 4.20. The number of methoxy groups -OCH3 is 1. The average Bonchev–Trinajstić information content (AvgIpc) is 3.04. The summed E-state index contributed by atoms with van der Waals surface area (Å²) in [5.74, 6) is 0.146. The topological polar surface area (TPSA) is 71.5 Å². The lowest BCUT2D eigenvalue weighted by Gasteiger charge is -2.46. The van der Waals surface area contributed by atoms with Crippen molar-refractivity contribution in [2.45, 2.75) is 38.1 Å². The number of nitrogens with one attached hydrogen (secondary N) is 1. The summed E-state index contributed by atoms with van der Waals surface area (Å²) >= 11 is 0. The number of hydrogen-bond acceptors (Lipinski definition) is 4. The molecule has 6 heteroatoms. The molecule has 2 atom stereocenters. The molecule has 0 radical (unpaired) electrons. The Balaban J connectivity index is 1.68. The van der Waals surface area contributed by atoms with Crippen LogP contribution < -0.4 is 5.32 Å². The number of rotatable bonds is 6. The Bertz CT molecular complexity index is 592. The van der Waals surface area contributed by atoms with Crippen molar-refractivity contribution in [3.8, 4) is 0 Å². The average molecular weight is 331 g/mol. The molecular weight excluding hydrogens is 306 g/mol. The minimum Gasteiger partial charge on any atom is -0.383 e. The number of ether oxygens (including phenoxy) is 1. The van der Waals surface area contributed by atoms with Gasteiger partial charge in [-0.3, -0.25) is 14.6 Å². The van der Waals surface area contributed by atoms with E-state index < -0.39 is 0 Å². The number of pyridine rings is 1. The minimum atomic E-state index is -0.0715. The zero-order valence-corrected chi connectivity index (χ0v) is 14.2. The zero-order chi connectivity index (χ0) is 17.0. The second-order valence-electron chi connectivity index (χ2n) is 6.77. The van der Waals surface area contributed by atoms with Crippen LogP contribution in [0.25, 0.3) is 0 Å². The maximum absolute atomic E-state index is 12.4. The second-order valence-corrected chi connectivity index (χ2v) is 6.77. The van der Waals surface area contributed by atoms with E-state index in [1.807, 2.05) is 4.90 Å². The fraction of sp³-hybridized carbons (Fsp3) is 0.611. The largest absolute Gasteiger partial charge is 0.383 e. The molecule has 130 valence electrons. The van der Waals surface area contributed by atoms with E-state index in [4.69, 9.17) is 4.74 Å². The van der Waals surface area contributed by atoms with Gasteiger partial charge in [-0.05, 0) is 31.4 Å². The predicted octanol–water partition coefficient (Wildman–Crippen LogP) is 1.62. The third kappa shape index (κ3) is 3.29. The van der Waals surface area contributed by atoms with E-state index in [9.17, 15) is 9.59 Å². The van der Waals surface area contributed by atoms with Gasteiger partial charge < -0.3 is 15.0 Å². The predicted molar refractivity (Wildman–Crippen MR) is 89.5 cm³/mol. The number of likely N-dealkylation sites (tertiary alicyclic amines) is 1. The molecule has 6 nitrogen and oxygen atoms in total. The number of nitrogens with zero attached hydrogens (tertiary/aromatic N) is 2.